The molecular formula is C28H29BrN2O. The van der Waals surface area contributed by atoms with Crippen molar-refractivity contribution in [3.63, 3.8) is 0 Å². The van der Waals surface area contributed by atoms with Crippen molar-refractivity contribution >= 4 is 15.9 Å². The number of nitrogens with zero attached hydrogens (tertiary/aromatic N) is 2. The van der Waals surface area contributed by atoms with Gasteiger partial charge in [0.2, 0.25) is 0 Å². The maximum atomic E-state index is 13.8. The third-order valence-electron chi connectivity index (χ3n) is 5.73. The molecule has 0 bridgehead atoms. The molecular weight excluding hydrogens is 460 g/mol. The largest absolute Gasteiger partial charge is 0.333 e. The van der Waals surface area contributed by atoms with Crippen LogP contribution >= 0.6 is 15.9 Å². The number of para-hydroxylation sites is 1. The lowest BCUT2D eigenvalue weighted by atomic mass is 10.0. The van der Waals surface area contributed by atoms with Gasteiger partial charge in [-0.15, -0.1) is 0 Å². The van der Waals surface area contributed by atoms with Crippen molar-refractivity contribution in [2.75, 3.05) is 0 Å². The van der Waals surface area contributed by atoms with Crippen molar-refractivity contribution in [1.29, 1.82) is 0 Å². The molecule has 4 heteroatoms. The highest BCUT2D eigenvalue weighted by atomic mass is 79.9. The van der Waals surface area contributed by atoms with Crippen LogP contribution < -0.4 is 5.69 Å². The van der Waals surface area contributed by atoms with Crippen molar-refractivity contribution in [3.05, 3.63) is 101 Å². The van der Waals surface area contributed by atoms with Crippen molar-refractivity contribution < 1.29 is 0 Å². The molecule has 4 aromatic rings. The van der Waals surface area contributed by atoms with Crippen molar-refractivity contribution in [2.24, 2.45) is 0 Å². The number of halogens is 1. The lowest BCUT2D eigenvalue weighted by molar-refractivity contribution is 0.563. The Morgan fingerprint density at radius 1 is 0.719 bits per heavy atom. The van der Waals surface area contributed by atoms with Gasteiger partial charge in [0.25, 0.3) is 0 Å². The van der Waals surface area contributed by atoms with Gasteiger partial charge in [-0.25, -0.2) is 4.79 Å². The van der Waals surface area contributed by atoms with Gasteiger partial charge < -0.3 is 0 Å². The molecule has 3 nitrogen and oxygen atoms in total. The summed E-state index contributed by atoms with van der Waals surface area (Å²) in [5.41, 5.74) is 4.94. The number of benzene rings is 3. The van der Waals surface area contributed by atoms with Crippen molar-refractivity contribution in [2.45, 2.75) is 44.0 Å². The quantitative estimate of drug-likeness (QED) is 0.179. The van der Waals surface area contributed by atoms with Crippen LogP contribution in [-0.2, 0) is 6.54 Å². The van der Waals surface area contributed by atoms with Crippen LogP contribution in [0.3, 0.4) is 0 Å². The third kappa shape index (κ3) is 4.97. The average Bonchev–Trinajstić information content (AvgIpc) is 3.12. The van der Waals surface area contributed by atoms with Crippen molar-refractivity contribution in [1.82, 2.24) is 9.13 Å². The Morgan fingerprint density at radius 2 is 1.25 bits per heavy atom. The summed E-state index contributed by atoms with van der Waals surface area (Å²) in [5.74, 6) is 0. The molecule has 0 fully saturated rings. The summed E-state index contributed by atoms with van der Waals surface area (Å²) in [6.07, 6.45) is 4.40. The second kappa shape index (κ2) is 10.6. The van der Waals surface area contributed by atoms with E-state index in [0.29, 0.717) is 11.4 Å². The number of alkyl halides is 1. The first-order valence-corrected chi connectivity index (χ1v) is 12.2. The fourth-order valence-electron chi connectivity index (χ4n) is 4.19. The van der Waals surface area contributed by atoms with Gasteiger partial charge >= 0.3 is 5.69 Å². The molecule has 0 spiro atoms. The summed E-state index contributed by atoms with van der Waals surface area (Å²) in [5, 5.41) is 0. The van der Waals surface area contributed by atoms with Gasteiger partial charge in [0, 0.05) is 22.5 Å². The first-order valence-electron chi connectivity index (χ1n) is 11.3. The minimum absolute atomic E-state index is 0.0164. The molecule has 0 amide bonds. The molecule has 0 N–H and O–H groups in total. The predicted octanol–water partition coefficient (Wildman–Crippen LogP) is 7.32. The predicted molar refractivity (Wildman–Crippen MR) is 138 cm³/mol. The summed E-state index contributed by atoms with van der Waals surface area (Å²) in [7, 11) is 0. The van der Waals surface area contributed by atoms with E-state index in [-0.39, 0.29) is 5.69 Å². The molecule has 1 aromatic heterocycles. The van der Waals surface area contributed by atoms with Crippen LogP contribution in [0.1, 0.15) is 32.6 Å². The van der Waals surface area contributed by atoms with Gasteiger partial charge in [0.05, 0.1) is 17.1 Å². The Labute approximate surface area is 198 Å². The molecule has 32 heavy (non-hydrogen) atoms. The molecule has 1 heterocycles. The van der Waals surface area contributed by atoms with Gasteiger partial charge in [0.15, 0.2) is 0 Å². The molecule has 0 saturated carbocycles. The molecule has 0 aliphatic carbocycles. The topological polar surface area (TPSA) is 26.9 Å². The molecule has 1 atom stereocenters. The summed E-state index contributed by atoms with van der Waals surface area (Å²) in [4.78, 5) is 14.4. The molecule has 0 aliphatic rings. The number of hydrogen-bond donors (Lipinski definition) is 0. The van der Waals surface area contributed by atoms with E-state index in [9.17, 15) is 4.79 Å². The van der Waals surface area contributed by atoms with E-state index in [4.69, 9.17) is 0 Å². The summed E-state index contributed by atoms with van der Waals surface area (Å²) < 4.78 is 3.85. The standard InChI is InChI=1S/C28H29BrN2O/c1-22(29)14-6-5-13-21-30-26(23-15-7-2-8-16-23)27(24-17-9-3-10-18-24)31(28(30)32)25-19-11-4-12-20-25/h2-4,7-12,15-20,22H,5-6,13-14,21H2,1H3. The van der Waals surface area contributed by atoms with E-state index in [1.165, 1.54) is 0 Å². The van der Waals surface area contributed by atoms with Crippen LogP contribution in [0.5, 0.6) is 0 Å². The number of unbranched alkanes of at least 4 members (excludes halogenated alkanes) is 2. The Hall–Kier alpha value is -2.85. The molecule has 0 radical (unpaired) electrons. The van der Waals surface area contributed by atoms with Gasteiger partial charge in [-0.1, -0.05) is 115 Å². The normalized spacial score (nSPS) is 12.1. The lowest BCUT2D eigenvalue weighted by Crippen LogP contribution is -2.24. The molecule has 3 aromatic carbocycles. The molecule has 0 aliphatic heterocycles. The summed E-state index contributed by atoms with van der Waals surface area (Å²) in [6, 6.07) is 30.5. The van der Waals surface area contributed by atoms with Gasteiger partial charge in [-0.05, 0) is 25.0 Å². The highest BCUT2D eigenvalue weighted by Crippen LogP contribution is 2.33. The second-order valence-electron chi connectivity index (χ2n) is 8.16. The highest BCUT2D eigenvalue weighted by molar-refractivity contribution is 9.09. The van der Waals surface area contributed by atoms with Crippen LogP contribution in [-0.4, -0.2) is 14.0 Å². The van der Waals surface area contributed by atoms with Crippen LogP contribution in [0.15, 0.2) is 95.8 Å². The zero-order chi connectivity index (χ0) is 22.3. The Balaban J connectivity index is 1.87. The second-order valence-corrected chi connectivity index (χ2v) is 9.73. The zero-order valence-corrected chi connectivity index (χ0v) is 20.0. The van der Waals surface area contributed by atoms with E-state index in [1.54, 1.807) is 0 Å². The van der Waals surface area contributed by atoms with Gasteiger partial charge in [-0.2, -0.15) is 0 Å². The monoisotopic (exact) mass is 488 g/mol. The van der Waals surface area contributed by atoms with E-state index >= 15 is 0 Å². The Bertz CT molecular complexity index is 1180. The van der Waals surface area contributed by atoms with E-state index < -0.39 is 0 Å². The first-order chi connectivity index (χ1) is 15.7. The minimum atomic E-state index is 0.0164. The highest BCUT2D eigenvalue weighted by Gasteiger charge is 2.23. The smallest absolute Gasteiger partial charge is 0.291 e. The van der Waals surface area contributed by atoms with E-state index in [0.717, 1.165) is 53.9 Å². The number of aromatic nitrogens is 2. The SMILES string of the molecule is CC(Br)CCCCCn1c(-c2ccccc2)c(-c2ccccc2)n(-c2ccccc2)c1=O. The molecule has 1 unspecified atom stereocenters. The van der Waals surface area contributed by atoms with Crippen LogP contribution in [0.4, 0.5) is 0 Å². The van der Waals surface area contributed by atoms with Crippen LogP contribution in [0, 0.1) is 0 Å². The average molecular weight is 489 g/mol. The van der Waals surface area contributed by atoms with Crippen molar-refractivity contribution in [3.8, 4) is 28.2 Å². The molecule has 4 rings (SSSR count). The summed E-state index contributed by atoms with van der Waals surface area (Å²) in [6.45, 7) is 2.89. The number of rotatable bonds is 9. The van der Waals surface area contributed by atoms with Gasteiger partial charge in [0.1, 0.15) is 0 Å². The van der Waals surface area contributed by atoms with E-state index in [2.05, 4.69) is 47.1 Å². The third-order valence-corrected chi connectivity index (χ3v) is 6.19. The fraction of sp³-hybridized carbons (Fsp3) is 0.250. The minimum Gasteiger partial charge on any atom is -0.291 e. The lowest BCUT2D eigenvalue weighted by Gasteiger charge is -2.12. The number of hydrogen-bond acceptors (Lipinski definition) is 1. The molecule has 164 valence electrons. The summed E-state index contributed by atoms with van der Waals surface area (Å²) >= 11 is 3.63. The fourth-order valence-corrected chi connectivity index (χ4v) is 4.52. The maximum absolute atomic E-state index is 13.8. The van der Waals surface area contributed by atoms with Crippen LogP contribution in [0.25, 0.3) is 28.2 Å². The Morgan fingerprint density at radius 3 is 1.81 bits per heavy atom. The van der Waals surface area contributed by atoms with Crippen LogP contribution in [0.2, 0.25) is 0 Å². The van der Waals surface area contributed by atoms with E-state index in [1.807, 2.05) is 75.9 Å². The number of imidazole rings is 1. The van der Waals surface area contributed by atoms with Gasteiger partial charge in [-0.3, -0.25) is 9.13 Å². The Kier molecular flexibility index (Phi) is 7.43. The maximum Gasteiger partial charge on any atom is 0.333 e. The first kappa shape index (κ1) is 22.3. The molecule has 0 saturated heterocycles. The zero-order valence-electron chi connectivity index (χ0n) is 18.5.